The zero-order chi connectivity index (χ0) is 18.2. The van der Waals surface area contributed by atoms with Gasteiger partial charge in [0, 0.05) is 25.7 Å². The molecule has 5 nitrogen and oxygen atoms in total. The molecule has 2 N–H and O–H groups in total. The van der Waals surface area contributed by atoms with Crippen molar-refractivity contribution in [2.24, 2.45) is 0 Å². The standard InChI is InChI=1S/C19H28FN3O2/c1-14(2)13-23-10-8-16(9-11-23)22-19(24)21-12-15(3)25-18-7-5-4-6-17(18)20/h4-7,15-16H,1,8-13H2,2-3H3,(H2,21,22,24)/t15-/m1/s1. The van der Waals surface area contributed by atoms with Crippen molar-refractivity contribution in [2.45, 2.75) is 38.8 Å². The molecule has 0 spiro atoms. The predicted molar refractivity (Wildman–Crippen MR) is 97.3 cm³/mol. The summed E-state index contributed by atoms with van der Waals surface area (Å²) < 4.78 is 19.0. The van der Waals surface area contributed by atoms with Crippen LogP contribution in [0.1, 0.15) is 26.7 Å². The Morgan fingerprint density at radius 1 is 1.40 bits per heavy atom. The molecule has 1 aromatic carbocycles. The average Bonchev–Trinajstić information content (AvgIpc) is 2.56. The normalized spacial score (nSPS) is 16.9. The van der Waals surface area contributed by atoms with Crippen molar-refractivity contribution in [1.82, 2.24) is 15.5 Å². The number of carbonyl (C=O) groups is 1. The maximum absolute atomic E-state index is 13.5. The lowest BCUT2D eigenvalue weighted by Gasteiger charge is -2.32. The van der Waals surface area contributed by atoms with Crippen molar-refractivity contribution in [1.29, 1.82) is 0 Å². The van der Waals surface area contributed by atoms with Gasteiger partial charge in [-0.05, 0) is 38.8 Å². The Labute approximate surface area is 149 Å². The van der Waals surface area contributed by atoms with Crippen molar-refractivity contribution >= 4 is 6.03 Å². The second kappa shape index (κ2) is 9.42. The van der Waals surface area contributed by atoms with Gasteiger partial charge in [0.25, 0.3) is 0 Å². The summed E-state index contributed by atoms with van der Waals surface area (Å²) in [6.45, 7) is 10.9. The monoisotopic (exact) mass is 349 g/mol. The number of rotatable bonds is 7. The van der Waals surface area contributed by atoms with Crippen LogP contribution in [0.15, 0.2) is 36.4 Å². The molecule has 1 heterocycles. The summed E-state index contributed by atoms with van der Waals surface area (Å²) in [7, 11) is 0. The van der Waals surface area contributed by atoms with Crippen LogP contribution in [-0.4, -0.2) is 49.3 Å². The molecule has 1 saturated heterocycles. The summed E-state index contributed by atoms with van der Waals surface area (Å²) in [5.74, 6) is -0.206. The Morgan fingerprint density at radius 2 is 2.08 bits per heavy atom. The van der Waals surface area contributed by atoms with E-state index in [0.717, 1.165) is 38.0 Å². The Morgan fingerprint density at radius 3 is 2.72 bits per heavy atom. The van der Waals surface area contributed by atoms with Crippen LogP contribution < -0.4 is 15.4 Å². The molecule has 1 aliphatic heterocycles. The summed E-state index contributed by atoms with van der Waals surface area (Å²) >= 11 is 0. The number of ether oxygens (including phenoxy) is 1. The predicted octanol–water partition coefficient (Wildman–Crippen LogP) is 2.93. The molecule has 0 bridgehead atoms. The Bertz CT molecular complexity index is 586. The van der Waals surface area contributed by atoms with Crippen LogP contribution >= 0.6 is 0 Å². The molecule has 138 valence electrons. The molecule has 0 radical (unpaired) electrons. The molecular formula is C19H28FN3O2. The molecule has 6 heteroatoms. The number of hydrogen-bond acceptors (Lipinski definition) is 3. The molecular weight excluding hydrogens is 321 g/mol. The minimum atomic E-state index is -0.402. The molecule has 0 aliphatic carbocycles. The van der Waals surface area contributed by atoms with E-state index in [9.17, 15) is 9.18 Å². The zero-order valence-electron chi connectivity index (χ0n) is 15.1. The number of halogens is 1. The van der Waals surface area contributed by atoms with Crippen molar-refractivity contribution in [2.75, 3.05) is 26.2 Å². The van der Waals surface area contributed by atoms with E-state index in [0.29, 0.717) is 6.54 Å². The highest BCUT2D eigenvalue weighted by molar-refractivity contribution is 5.74. The third-order valence-corrected chi connectivity index (χ3v) is 4.13. The van der Waals surface area contributed by atoms with Crippen LogP contribution in [0.5, 0.6) is 5.75 Å². The number of urea groups is 1. The van der Waals surface area contributed by atoms with Crippen molar-refractivity contribution in [3.8, 4) is 5.75 Å². The van der Waals surface area contributed by atoms with Gasteiger partial charge in [-0.25, -0.2) is 9.18 Å². The fourth-order valence-corrected chi connectivity index (χ4v) is 2.89. The Kier molecular flexibility index (Phi) is 7.25. The van der Waals surface area contributed by atoms with E-state index in [4.69, 9.17) is 4.74 Å². The summed E-state index contributed by atoms with van der Waals surface area (Å²) in [6.07, 6.45) is 1.55. The van der Waals surface area contributed by atoms with E-state index in [1.807, 2.05) is 6.92 Å². The number of nitrogens with one attached hydrogen (secondary N) is 2. The van der Waals surface area contributed by atoms with Gasteiger partial charge in [0.15, 0.2) is 11.6 Å². The third kappa shape index (κ3) is 6.74. The number of nitrogens with zero attached hydrogens (tertiary/aromatic N) is 1. The fourth-order valence-electron chi connectivity index (χ4n) is 2.89. The molecule has 1 aromatic rings. The number of amides is 2. The lowest BCUT2D eigenvalue weighted by atomic mass is 10.0. The van der Waals surface area contributed by atoms with Gasteiger partial charge in [-0.3, -0.25) is 4.90 Å². The topological polar surface area (TPSA) is 53.6 Å². The molecule has 1 atom stereocenters. The van der Waals surface area contributed by atoms with Crippen LogP contribution in [0, 0.1) is 5.82 Å². The largest absolute Gasteiger partial charge is 0.486 e. The minimum Gasteiger partial charge on any atom is -0.486 e. The first kappa shape index (κ1) is 19.2. The summed E-state index contributed by atoms with van der Waals surface area (Å²) in [4.78, 5) is 14.4. The van der Waals surface area contributed by atoms with Gasteiger partial charge in [0.1, 0.15) is 6.10 Å². The van der Waals surface area contributed by atoms with Gasteiger partial charge in [-0.2, -0.15) is 0 Å². The van der Waals surface area contributed by atoms with Gasteiger partial charge in [0.05, 0.1) is 6.54 Å². The van der Waals surface area contributed by atoms with Crippen molar-refractivity contribution < 1.29 is 13.9 Å². The second-order valence-corrected chi connectivity index (χ2v) is 6.72. The zero-order valence-corrected chi connectivity index (χ0v) is 15.1. The number of hydrogen-bond donors (Lipinski definition) is 2. The molecule has 1 fully saturated rings. The van der Waals surface area contributed by atoms with Gasteiger partial charge in [-0.15, -0.1) is 0 Å². The van der Waals surface area contributed by atoms with Crippen LogP contribution in [-0.2, 0) is 0 Å². The molecule has 0 saturated carbocycles. The summed E-state index contributed by atoms with van der Waals surface area (Å²) in [5.41, 5.74) is 1.16. The first-order valence-corrected chi connectivity index (χ1v) is 8.76. The van der Waals surface area contributed by atoms with Crippen LogP contribution in [0.25, 0.3) is 0 Å². The van der Waals surface area contributed by atoms with Crippen LogP contribution in [0.3, 0.4) is 0 Å². The van der Waals surface area contributed by atoms with E-state index >= 15 is 0 Å². The van der Waals surface area contributed by atoms with E-state index < -0.39 is 5.82 Å². The van der Waals surface area contributed by atoms with E-state index in [2.05, 4.69) is 22.1 Å². The molecule has 2 amide bonds. The minimum absolute atomic E-state index is 0.184. The quantitative estimate of drug-likeness (QED) is 0.744. The molecule has 0 aromatic heterocycles. The van der Waals surface area contributed by atoms with E-state index in [1.165, 1.54) is 6.07 Å². The fraction of sp³-hybridized carbons (Fsp3) is 0.526. The number of benzene rings is 1. The smallest absolute Gasteiger partial charge is 0.315 e. The molecule has 2 rings (SSSR count). The van der Waals surface area contributed by atoms with Gasteiger partial charge >= 0.3 is 6.03 Å². The van der Waals surface area contributed by atoms with Gasteiger partial charge < -0.3 is 15.4 Å². The highest BCUT2D eigenvalue weighted by Gasteiger charge is 2.20. The highest BCUT2D eigenvalue weighted by Crippen LogP contribution is 2.16. The summed E-state index contributed by atoms with van der Waals surface area (Å²) in [5, 5.41) is 5.78. The van der Waals surface area contributed by atoms with Crippen molar-refractivity contribution in [3.05, 3.63) is 42.2 Å². The number of piperidine rings is 1. The summed E-state index contributed by atoms with van der Waals surface area (Å²) in [6, 6.07) is 6.23. The molecule has 0 unspecified atom stereocenters. The van der Waals surface area contributed by atoms with E-state index in [1.54, 1.807) is 25.1 Å². The van der Waals surface area contributed by atoms with Crippen molar-refractivity contribution in [3.63, 3.8) is 0 Å². The van der Waals surface area contributed by atoms with Gasteiger partial charge in [-0.1, -0.05) is 24.3 Å². The van der Waals surface area contributed by atoms with E-state index in [-0.39, 0.29) is 23.9 Å². The number of para-hydroxylation sites is 1. The third-order valence-electron chi connectivity index (χ3n) is 4.13. The van der Waals surface area contributed by atoms with Crippen LogP contribution in [0.4, 0.5) is 9.18 Å². The second-order valence-electron chi connectivity index (χ2n) is 6.72. The average molecular weight is 349 g/mol. The lowest BCUT2D eigenvalue weighted by molar-refractivity contribution is 0.189. The Balaban J connectivity index is 1.65. The highest BCUT2D eigenvalue weighted by atomic mass is 19.1. The number of carbonyl (C=O) groups excluding carboxylic acids is 1. The number of likely N-dealkylation sites (tertiary alicyclic amines) is 1. The van der Waals surface area contributed by atoms with Gasteiger partial charge in [0.2, 0.25) is 0 Å². The molecule has 1 aliphatic rings. The lowest BCUT2D eigenvalue weighted by Crippen LogP contribution is -2.49. The molecule has 25 heavy (non-hydrogen) atoms. The first-order valence-electron chi connectivity index (χ1n) is 8.76. The van der Waals surface area contributed by atoms with Crippen LogP contribution in [0.2, 0.25) is 0 Å². The Hall–Kier alpha value is -2.08. The SMILES string of the molecule is C=C(C)CN1CCC(NC(=O)NC[C@@H](C)Oc2ccccc2F)CC1. The first-order chi connectivity index (χ1) is 11.9. The maximum atomic E-state index is 13.5. The maximum Gasteiger partial charge on any atom is 0.315 e.